The second kappa shape index (κ2) is 8.85. The molecular formula is C25H35N3O. The number of rotatable bonds is 5. The number of pyridine rings is 1. The Bertz CT molecular complexity index is 760. The molecule has 1 aromatic heterocycles. The number of likely N-dealkylation sites (tertiary alicyclic amines) is 2. The zero-order chi connectivity index (χ0) is 20.3. The second-order valence-corrected chi connectivity index (χ2v) is 9.24. The van der Waals surface area contributed by atoms with Crippen LogP contribution in [0.1, 0.15) is 49.8 Å². The molecule has 0 saturated carbocycles. The summed E-state index contributed by atoms with van der Waals surface area (Å²) < 4.78 is 6.46. The van der Waals surface area contributed by atoms with E-state index in [1.165, 1.54) is 63.0 Å². The van der Waals surface area contributed by atoms with E-state index in [0.29, 0.717) is 11.5 Å². The first-order valence-electron chi connectivity index (χ1n) is 11.1. The molecule has 4 heteroatoms. The lowest BCUT2D eigenvalue weighted by atomic mass is 9.82. The van der Waals surface area contributed by atoms with Crippen molar-refractivity contribution in [1.82, 2.24) is 14.8 Å². The molecule has 1 atom stereocenters. The van der Waals surface area contributed by atoms with Crippen molar-refractivity contribution in [3.05, 3.63) is 59.8 Å². The van der Waals surface area contributed by atoms with Gasteiger partial charge in [0.05, 0.1) is 0 Å². The summed E-state index contributed by atoms with van der Waals surface area (Å²) in [6.45, 7) is 9.37. The molecule has 29 heavy (non-hydrogen) atoms. The first-order chi connectivity index (χ1) is 14.0. The van der Waals surface area contributed by atoms with E-state index < -0.39 is 0 Å². The van der Waals surface area contributed by atoms with E-state index in [1.54, 1.807) is 0 Å². The highest BCUT2D eigenvalue weighted by Crippen LogP contribution is 2.38. The summed E-state index contributed by atoms with van der Waals surface area (Å²) >= 11 is 0. The number of aryl methyl sites for hydroxylation is 1. The van der Waals surface area contributed by atoms with E-state index >= 15 is 0 Å². The van der Waals surface area contributed by atoms with Crippen LogP contribution in [0.3, 0.4) is 0 Å². The zero-order valence-corrected chi connectivity index (χ0v) is 18.2. The van der Waals surface area contributed by atoms with Gasteiger partial charge in [-0.3, -0.25) is 4.90 Å². The Hall–Kier alpha value is -1.91. The summed E-state index contributed by atoms with van der Waals surface area (Å²) in [5, 5.41) is 0. The second-order valence-electron chi connectivity index (χ2n) is 9.24. The van der Waals surface area contributed by atoms with Gasteiger partial charge >= 0.3 is 0 Å². The minimum absolute atomic E-state index is 0.0675. The normalized spacial score (nSPS) is 22.3. The molecule has 156 valence electrons. The molecule has 0 bridgehead atoms. The minimum Gasteiger partial charge on any atom is -0.469 e. The lowest BCUT2D eigenvalue weighted by molar-refractivity contribution is -0.00447. The van der Waals surface area contributed by atoms with Gasteiger partial charge in [0.1, 0.15) is 6.10 Å². The zero-order valence-electron chi connectivity index (χ0n) is 18.2. The van der Waals surface area contributed by atoms with Crippen LogP contribution in [-0.2, 0) is 0 Å². The molecule has 2 aromatic rings. The van der Waals surface area contributed by atoms with Gasteiger partial charge in [-0.05, 0) is 84.4 Å². The van der Waals surface area contributed by atoms with Crippen molar-refractivity contribution in [2.75, 3.05) is 33.2 Å². The Kier molecular flexibility index (Phi) is 6.21. The van der Waals surface area contributed by atoms with E-state index in [0.717, 1.165) is 5.88 Å². The fraction of sp³-hybridized carbons (Fsp3) is 0.560. The van der Waals surface area contributed by atoms with Crippen molar-refractivity contribution >= 4 is 0 Å². The molecule has 3 heterocycles. The summed E-state index contributed by atoms with van der Waals surface area (Å²) in [6, 6.07) is 14.8. The molecule has 1 aromatic carbocycles. The highest BCUT2D eigenvalue weighted by Gasteiger charge is 2.38. The topological polar surface area (TPSA) is 28.6 Å². The molecule has 0 radical (unpaired) electrons. The van der Waals surface area contributed by atoms with Crippen molar-refractivity contribution in [3.8, 4) is 5.88 Å². The van der Waals surface area contributed by atoms with Crippen molar-refractivity contribution in [1.29, 1.82) is 0 Å². The molecule has 0 amide bonds. The van der Waals surface area contributed by atoms with Crippen LogP contribution >= 0.6 is 0 Å². The van der Waals surface area contributed by atoms with Gasteiger partial charge in [-0.1, -0.05) is 35.9 Å². The van der Waals surface area contributed by atoms with E-state index in [9.17, 15) is 0 Å². The van der Waals surface area contributed by atoms with Crippen LogP contribution in [0.2, 0.25) is 0 Å². The smallest absolute Gasteiger partial charge is 0.213 e. The van der Waals surface area contributed by atoms with Gasteiger partial charge in [0, 0.05) is 23.7 Å². The van der Waals surface area contributed by atoms with Crippen LogP contribution in [0.15, 0.2) is 48.7 Å². The predicted molar refractivity (Wildman–Crippen MR) is 118 cm³/mol. The number of nitrogens with zero attached hydrogens (tertiary/aromatic N) is 3. The third-order valence-corrected chi connectivity index (χ3v) is 7.09. The third kappa shape index (κ3) is 4.81. The van der Waals surface area contributed by atoms with Crippen molar-refractivity contribution < 1.29 is 4.74 Å². The molecule has 0 spiro atoms. The molecule has 0 aliphatic carbocycles. The van der Waals surface area contributed by atoms with Crippen LogP contribution in [0, 0.1) is 12.8 Å². The van der Waals surface area contributed by atoms with Gasteiger partial charge in [0.15, 0.2) is 0 Å². The predicted octanol–water partition coefficient (Wildman–Crippen LogP) is 4.71. The minimum atomic E-state index is 0.0675. The number of piperidine rings is 2. The van der Waals surface area contributed by atoms with Crippen LogP contribution < -0.4 is 4.74 Å². The first kappa shape index (κ1) is 20.4. The molecule has 2 fully saturated rings. The molecule has 2 aliphatic heterocycles. The van der Waals surface area contributed by atoms with Crippen LogP contribution in [0.4, 0.5) is 0 Å². The van der Waals surface area contributed by atoms with E-state index in [-0.39, 0.29) is 6.10 Å². The van der Waals surface area contributed by atoms with Gasteiger partial charge in [-0.2, -0.15) is 0 Å². The number of hydrogen-bond acceptors (Lipinski definition) is 4. The highest BCUT2D eigenvalue weighted by molar-refractivity contribution is 5.25. The molecular weight excluding hydrogens is 358 g/mol. The van der Waals surface area contributed by atoms with Crippen molar-refractivity contribution in [3.63, 3.8) is 0 Å². The summed E-state index contributed by atoms with van der Waals surface area (Å²) in [7, 11) is 2.24. The number of aromatic nitrogens is 1. The maximum atomic E-state index is 6.46. The maximum Gasteiger partial charge on any atom is 0.213 e. The summed E-state index contributed by atoms with van der Waals surface area (Å²) in [5.41, 5.74) is 2.92. The highest BCUT2D eigenvalue weighted by atomic mass is 16.5. The summed E-state index contributed by atoms with van der Waals surface area (Å²) in [4.78, 5) is 9.64. The SMILES string of the molecule is Cc1ccc(C(Oc2ccccn2)C2CCN(C3(C)CCN(C)CC3)CC2)cc1. The quantitative estimate of drug-likeness (QED) is 0.736. The van der Waals surface area contributed by atoms with Crippen molar-refractivity contribution in [2.24, 2.45) is 5.92 Å². The van der Waals surface area contributed by atoms with Gasteiger partial charge < -0.3 is 9.64 Å². The number of benzene rings is 1. The number of ether oxygens (including phenoxy) is 1. The van der Waals surface area contributed by atoms with Crippen LogP contribution in [0.5, 0.6) is 5.88 Å². The van der Waals surface area contributed by atoms with Gasteiger partial charge in [0.2, 0.25) is 5.88 Å². The monoisotopic (exact) mass is 393 g/mol. The Morgan fingerprint density at radius 3 is 2.31 bits per heavy atom. The molecule has 0 N–H and O–H groups in total. The number of hydrogen-bond donors (Lipinski definition) is 0. The van der Waals surface area contributed by atoms with Gasteiger partial charge in [-0.15, -0.1) is 0 Å². The first-order valence-corrected chi connectivity index (χ1v) is 11.1. The largest absolute Gasteiger partial charge is 0.469 e. The average molecular weight is 394 g/mol. The fourth-order valence-corrected chi connectivity index (χ4v) is 4.90. The maximum absolute atomic E-state index is 6.46. The standard InChI is InChI=1S/C25H35N3O/c1-20-7-9-21(10-8-20)24(29-23-6-4-5-15-26-23)22-11-16-28(17-12-22)25(2)13-18-27(3)19-14-25/h4-10,15,22,24H,11-14,16-19H2,1-3H3. The Morgan fingerprint density at radius 1 is 1.00 bits per heavy atom. The van der Waals surface area contributed by atoms with E-state index in [4.69, 9.17) is 4.74 Å². The lowest BCUT2D eigenvalue weighted by Crippen LogP contribution is -2.55. The molecule has 2 aliphatic rings. The summed E-state index contributed by atoms with van der Waals surface area (Å²) in [6.07, 6.45) is 6.79. The molecule has 4 rings (SSSR count). The van der Waals surface area contributed by atoms with Crippen LogP contribution in [-0.4, -0.2) is 53.5 Å². The van der Waals surface area contributed by atoms with E-state index in [1.807, 2.05) is 24.4 Å². The van der Waals surface area contributed by atoms with Gasteiger partial charge in [0.25, 0.3) is 0 Å². The Morgan fingerprint density at radius 2 is 1.69 bits per heavy atom. The lowest BCUT2D eigenvalue weighted by Gasteiger charge is -2.49. The van der Waals surface area contributed by atoms with Gasteiger partial charge in [-0.25, -0.2) is 4.98 Å². The average Bonchev–Trinajstić information content (AvgIpc) is 2.76. The molecule has 1 unspecified atom stereocenters. The fourth-order valence-electron chi connectivity index (χ4n) is 4.90. The van der Waals surface area contributed by atoms with Crippen LogP contribution in [0.25, 0.3) is 0 Å². The van der Waals surface area contributed by atoms with E-state index in [2.05, 4.69) is 59.9 Å². The summed E-state index contributed by atoms with van der Waals surface area (Å²) in [5.74, 6) is 1.24. The Labute approximate surface area is 175 Å². The Balaban J connectivity index is 1.46. The molecule has 2 saturated heterocycles. The van der Waals surface area contributed by atoms with Crippen molar-refractivity contribution in [2.45, 2.75) is 51.2 Å². The third-order valence-electron chi connectivity index (χ3n) is 7.09. The molecule has 4 nitrogen and oxygen atoms in total.